The lowest BCUT2D eigenvalue weighted by atomic mass is 10.2. The Hall–Kier alpha value is -1.57. The van der Waals surface area contributed by atoms with Crippen molar-refractivity contribution >= 4 is 54.8 Å². The van der Waals surface area contributed by atoms with Gasteiger partial charge in [0.2, 0.25) is 15.9 Å². The Morgan fingerprint density at radius 1 is 1.19 bits per heavy atom. The molecule has 0 fully saturated rings. The molecule has 1 N–H and O–H groups in total. The molecule has 0 saturated heterocycles. The lowest BCUT2D eigenvalue weighted by Crippen LogP contribution is -2.32. The molecule has 0 atom stereocenters. The van der Waals surface area contributed by atoms with Crippen LogP contribution in [0.1, 0.15) is 18.4 Å². The number of hydrogen-bond acceptors (Lipinski definition) is 3. The Labute approximate surface area is 167 Å². The summed E-state index contributed by atoms with van der Waals surface area (Å²) >= 11 is 9.44. The number of rotatable bonds is 7. The highest BCUT2D eigenvalue weighted by atomic mass is 79.9. The van der Waals surface area contributed by atoms with Gasteiger partial charge in [-0.1, -0.05) is 33.6 Å². The summed E-state index contributed by atoms with van der Waals surface area (Å²) < 4.78 is 26.6. The maximum atomic E-state index is 12.2. The highest BCUT2D eigenvalue weighted by Crippen LogP contribution is 2.28. The van der Waals surface area contributed by atoms with Gasteiger partial charge in [0.25, 0.3) is 0 Å². The van der Waals surface area contributed by atoms with Crippen LogP contribution in [0.3, 0.4) is 0 Å². The number of nitrogens with zero attached hydrogens (tertiary/aromatic N) is 1. The van der Waals surface area contributed by atoms with E-state index in [1.807, 2.05) is 12.1 Å². The minimum atomic E-state index is -3.48. The summed E-state index contributed by atoms with van der Waals surface area (Å²) in [7, 11) is -3.48. The van der Waals surface area contributed by atoms with E-state index in [0.717, 1.165) is 10.7 Å². The van der Waals surface area contributed by atoms with Gasteiger partial charge in [-0.25, -0.2) is 8.42 Å². The second-order valence-corrected chi connectivity index (χ2v) is 9.11. The molecule has 26 heavy (non-hydrogen) atoms. The van der Waals surface area contributed by atoms with E-state index in [1.54, 1.807) is 37.3 Å². The molecule has 0 aliphatic heterocycles. The zero-order valence-electron chi connectivity index (χ0n) is 14.5. The number of carbonyl (C=O) groups excluding carboxylic acids is 1. The quantitative estimate of drug-likeness (QED) is 0.658. The van der Waals surface area contributed by atoms with E-state index in [1.165, 1.54) is 4.31 Å². The number of halogens is 2. The van der Waals surface area contributed by atoms with Crippen LogP contribution in [0.25, 0.3) is 0 Å². The molecule has 140 valence electrons. The van der Waals surface area contributed by atoms with Crippen LogP contribution in [0.4, 0.5) is 11.4 Å². The number of amides is 1. The van der Waals surface area contributed by atoms with Gasteiger partial charge in [-0.15, -0.1) is 0 Å². The average Bonchev–Trinajstić information content (AvgIpc) is 2.56. The zero-order valence-corrected chi connectivity index (χ0v) is 17.7. The number of sulfonamides is 1. The lowest BCUT2D eigenvalue weighted by molar-refractivity contribution is -0.116. The summed E-state index contributed by atoms with van der Waals surface area (Å²) in [6.45, 7) is 1.98. The van der Waals surface area contributed by atoms with Crippen molar-refractivity contribution in [3.05, 3.63) is 57.5 Å². The van der Waals surface area contributed by atoms with Crippen molar-refractivity contribution in [2.75, 3.05) is 22.4 Å². The van der Waals surface area contributed by atoms with Gasteiger partial charge in [-0.3, -0.25) is 9.10 Å². The van der Waals surface area contributed by atoms with Crippen molar-refractivity contribution in [3.8, 4) is 0 Å². The Morgan fingerprint density at radius 2 is 1.85 bits per heavy atom. The Kier molecular flexibility index (Phi) is 7.08. The summed E-state index contributed by atoms with van der Waals surface area (Å²) in [5.41, 5.74) is 1.93. The molecule has 1 amide bonds. The van der Waals surface area contributed by atoms with E-state index in [9.17, 15) is 13.2 Å². The highest BCUT2D eigenvalue weighted by molar-refractivity contribution is 9.10. The largest absolute Gasteiger partial charge is 0.326 e. The fraction of sp³-hybridized carbons (Fsp3) is 0.278. The van der Waals surface area contributed by atoms with Gasteiger partial charge in [0.15, 0.2) is 0 Å². The second kappa shape index (κ2) is 8.88. The van der Waals surface area contributed by atoms with Crippen LogP contribution in [0.5, 0.6) is 0 Å². The van der Waals surface area contributed by atoms with Gasteiger partial charge in [0, 0.05) is 28.1 Å². The molecule has 0 heterocycles. The molecule has 0 aliphatic rings. The number of hydrogen-bond donors (Lipinski definition) is 1. The minimum Gasteiger partial charge on any atom is -0.326 e. The molecule has 0 unspecified atom stereocenters. The molecule has 0 spiro atoms. The molecule has 2 rings (SSSR count). The molecule has 2 aromatic rings. The topological polar surface area (TPSA) is 66.5 Å². The summed E-state index contributed by atoms with van der Waals surface area (Å²) in [6, 6.07) is 12.4. The Balaban J connectivity index is 2.01. The van der Waals surface area contributed by atoms with Crippen LogP contribution in [0.2, 0.25) is 5.02 Å². The first kappa shape index (κ1) is 20.7. The van der Waals surface area contributed by atoms with E-state index in [0.29, 0.717) is 28.4 Å². The van der Waals surface area contributed by atoms with Crippen molar-refractivity contribution in [2.24, 2.45) is 0 Å². The van der Waals surface area contributed by atoms with Crippen LogP contribution in [-0.2, 0) is 14.8 Å². The minimum absolute atomic E-state index is 0.163. The van der Waals surface area contributed by atoms with Crippen molar-refractivity contribution in [1.82, 2.24) is 0 Å². The van der Waals surface area contributed by atoms with Gasteiger partial charge in [-0.2, -0.15) is 0 Å². The van der Waals surface area contributed by atoms with Crippen molar-refractivity contribution in [3.63, 3.8) is 0 Å². The van der Waals surface area contributed by atoms with E-state index in [4.69, 9.17) is 11.6 Å². The molecule has 0 aromatic heterocycles. The predicted molar refractivity (Wildman–Crippen MR) is 110 cm³/mol. The summed E-state index contributed by atoms with van der Waals surface area (Å²) in [6.07, 6.45) is 1.75. The first-order chi connectivity index (χ1) is 12.2. The third kappa shape index (κ3) is 5.72. The van der Waals surface area contributed by atoms with E-state index in [-0.39, 0.29) is 18.9 Å². The maximum Gasteiger partial charge on any atom is 0.232 e. The van der Waals surface area contributed by atoms with E-state index >= 15 is 0 Å². The first-order valence-corrected chi connectivity index (χ1v) is 11.0. The number of anilines is 2. The number of benzene rings is 2. The molecule has 0 aliphatic carbocycles. The molecule has 2 aromatic carbocycles. The molecular formula is C18H20BrClN2O3S. The summed E-state index contributed by atoms with van der Waals surface area (Å²) in [5, 5.41) is 3.30. The SMILES string of the molecule is Cc1c(Cl)cccc1N(CCCC(=O)Nc1ccc(Br)cc1)S(C)(=O)=O. The van der Waals surface area contributed by atoms with E-state index in [2.05, 4.69) is 21.2 Å². The molecule has 5 nitrogen and oxygen atoms in total. The van der Waals surface area contributed by atoms with Gasteiger partial charge in [0.05, 0.1) is 11.9 Å². The maximum absolute atomic E-state index is 12.2. The fourth-order valence-corrected chi connectivity index (χ4v) is 3.92. The predicted octanol–water partition coefficient (Wildman–Crippen LogP) is 4.60. The van der Waals surface area contributed by atoms with Gasteiger partial charge >= 0.3 is 0 Å². The van der Waals surface area contributed by atoms with Crippen LogP contribution in [0.15, 0.2) is 46.9 Å². The Morgan fingerprint density at radius 3 is 2.46 bits per heavy atom. The zero-order chi connectivity index (χ0) is 19.3. The van der Waals surface area contributed by atoms with Crippen molar-refractivity contribution in [1.29, 1.82) is 0 Å². The standard InChI is InChI=1S/C18H20BrClN2O3S/c1-13-16(20)5-3-6-17(13)22(26(2,24)25)12-4-7-18(23)21-15-10-8-14(19)9-11-15/h3,5-6,8-11H,4,7,12H2,1-2H3,(H,21,23). The average molecular weight is 460 g/mol. The highest BCUT2D eigenvalue weighted by Gasteiger charge is 2.20. The van der Waals surface area contributed by atoms with Gasteiger partial charge < -0.3 is 5.32 Å². The van der Waals surface area contributed by atoms with E-state index < -0.39 is 10.0 Å². The van der Waals surface area contributed by atoms with Crippen LogP contribution < -0.4 is 9.62 Å². The summed E-state index contributed by atoms with van der Waals surface area (Å²) in [4.78, 5) is 12.1. The summed E-state index contributed by atoms with van der Waals surface area (Å²) in [5.74, 6) is -0.163. The van der Waals surface area contributed by atoms with Crippen LogP contribution in [-0.4, -0.2) is 27.1 Å². The third-order valence-electron chi connectivity index (χ3n) is 3.80. The fourth-order valence-electron chi connectivity index (χ4n) is 2.47. The molecule has 0 bridgehead atoms. The molecule has 8 heteroatoms. The molecule has 0 radical (unpaired) electrons. The van der Waals surface area contributed by atoms with Crippen LogP contribution in [0, 0.1) is 6.92 Å². The van der Waals surface area contributed by atoms with Gasteiger partial charge in [0.1, 0.15) is 0 Å². The molecule has 0 saturated carbocycles. The van der Waals surface area contributed by atoms with Crippen LogP contribution >= 0.6 is 27.5 Å². The second-order valence-electron chi connectivity index (χ2n) is 5.88. The first-order valence-electron chi connectivity index (χ1n) is 7.97. The smallest absolute Gasteiger partial charge is 0.232 e. The van der Waals surface area contributed by atoms with Crippen molar-refractivity contribution < 1.29 is 13.2 Å². The van der Waals surface area contributed by atoms with Gasteiger partial charge in [-0.05, 0) is 55.3 Å². The monoisotopic (exact) mass is 458 g/mol. The third-order valence-corrected chi connectivity index (χ3v) is 5.92. The lowest BCUT2D eigenvalue weighted by Gasteiger charge is -2.24. The normalized spacial score (nSPS) is 11.2. The molecular weight excluding hydrogens is 440 g/mol. The number of carbonyl (C=O) groups is 1. The Bertz CT molecular complexity index is 886. The number of nitrogens with one attached hydrogen (secondary N) is 1. The van der Waals surface area contributed by atoms with Crippen molar-refractivity contribution in [2.45, 2.75) is 19.8 Å².